The van der Waals surface area contributed by atoms with Gasteiger partial charge in [-0.15, -0.1) is 0 Å². The monoisotopic (exact) mass is 258 g/mol. The first-order valence-electron chi connectivity index (χ1n) is 4.93. The fourth-order valence-electron chi connectivity index (χ4n) is 1.13. The lowest BCUT2D eigenvalue weighted by atomic mass is 10.2. The SMILES string of the molecule is NC(=O)CONS(=O)(=O)CCc1ccccc1. The van der Waals surface area contributed by atoms with Gasteiger partial charge in [-0.1, -0.05) is 35.2 Å². The van der Waals surface area contributed by atoms with E-state index < -0.39 is 22.5 Å². The third kappa shape index (κ3) is 6.00. The predicted molar refractivity (Wildman–Crippen MR) is 62.2 cm³/mol. The van der Waals surface area contributed by atoms with Gasteiger partial charge >= 0.3 is 0 Å². The molecule has 94 valence electrons. The summed E-state index contributed by atoms with van der Waals surface area (Å²) in [5.74, 6) is -0.855. The highest BCUT2D eigenvalue weighted by atomic mass is 32.2. The molecule has 1 amide bonds. The molecule has 0 saturated heterocycles. The van der Waals surface area contributed by atoms with Crippen LogP contribution in [-0.4, -0.2) is 26.7 Å². The van der Waals surface area contributed by atoms with Crippen molar-refractivity contribution in [2.45, 2.75) is 6.42 Å². The molecular formula is C10H14N2O4S. The zero-order chi connectivity index (χ0) is 12.7. The molecule has 6 nitrogen and oxygen atoms in total. The minimum atomic E-state index is -3.56. The number of carbonyl (C=O) groups excluding carboxylic acids is 1. The zero-order valence-electron chi connectivity index (χ0n) is 9.13. The number of nitrogens with one attached hydrogen (secondary N) is 1. The second-order valence-electron chi connectivity index (χ2n) is 3.39. The van der Waals surface area contributed by atoms with Gasteiger partial charge in [0.25, 0.3) is 0 Å². The van der Waals surface area contributed by atoms with Crippen LogP contribution >= 0.6 is 0 Å². The summed E-state index contributed by atoms with van der Waals surface area (Å²) in [6.45, 7) is -0.482. The molecule has 3 N–H and O–H groups in total. The summed E-state index contributed by atoms with van der Waals surface area (Å²) in [4.78, 5) is 16.6. The number of sulfonamides is 1. The maximum absolute atomic E-state index is 11.4. The molecule has 0 spiro atoms. The first-order valence-corrected chi connectivity index (χ1v) is 6.58. The molecule has 0 atom stereocenters. The van der Waals surface area contributed by atoms with Crippen LogP contribution in [0.4, 0.5) is 0 Å². The number of amides is 1. The van der Waals surface area contributed by atoms with Gasteiger partial charge in [-0.25, -0.2) is 8.42 Å². The Kier molecular flexibility index (Phi) is 5.08. The lowest BCUT2D eigenvalue weighted by molar-refractivity contribution is -0.123. The summed E-state index contributed by atoms with van der Waals surface area (Å²) >= 11 is 0. The van der Waals surface area contributed by atoms with Gasteiger partial charge in [0.1, 0.15) is 6.61 Å². The van der Waals surface area contributed by atoms with Crippen molar-refractivity contribution in [3.8, 4) is 0 Å². The van der Waals surface area contributed by atoms with Gasteiger partial charge in [-0.05, 0) is 12.0 Å². The lowest BCUT2D eigenvalue weighted by Gasteiger charge is -2.05. The fourth-order valence-corrected chi connectivity index (χ4v) is 1.96. The first kappa shape index (κ1) is 13.6. The van der Waals surface area contributed by atoms with E-state index in [4.69, 9.17) is 5.73 Å². The Morgan fingerprint density at radius 1 is 1.29 bits per heavy atom. The summed E-state index contributed by atoms with van der Waals surface area (Å²) in [5.41, 5.74) is 5.70. The Bertz CT molecular complexity index is 458. The first-order chi connectivity index (χ1) is 7.99. The number of hydrogen-bond donors (Lipinski definition) is 2. The number of nitrogens with two attached hydrogens (primary N) is 1. The topological polar surface area (TPSA) is 98.5 Å². The Morgan fingerprint density at radius 3 is 2.53 bits per heavy atom. The largest absolute Gasteiger partial charge is 0.368 e. The normalized spacial score (nSPS) is 11.3. The minimum Gasteiger partial charge on any atom is -0.368 e. The van der Waals surface area contributed by atoms with E-state index in [0.29, 0.717) is 6.42 Å². The van der Waals surface area contributed by atoms with Gasteiger partial charge in [0.05, 0.1) is 5.75 Å². The third-order valence-corrected chi connectivity index (χ3v) is 3.02. The summed E-state index contributed by atoms with van der Waals surface area (Å²) in [6, 6.07) is 9.18. The van der Waals surface area contributed by atoms with Crippen molar-refractivity contribution < 1.29 is 18.0 Å². The summed E-state index contributed by atoms with van der Waals surface area (Å²) < 4.78 is 22.8. The lowest BCUT2D eigenvalue weighted by Crippen LogP contribution is -2.31. The van der Waals surface area contributed by atoms with E-state index in [9.17, 15) is 13.2 Å². The molecule has 0 saturated carbocycles. The maximum atomic E-state index is 11.4. The van der Waals surface area contributed by atoms with Crippen LogP contribution in [-0.2, 0) is 26.1 Å². The molecule has 0 radical (unpaired) electrons. The minimum absolute atomic E-state index is 0.115. The van der Waals surface area contributed by atoms with Crippen molar-refractivity contribution in [3.05, 3.63) is 35.9 Å². The van der Waals surface area contributed by atoms with E-state index in [2.05, 4.69) is 4.84 Å². The van der Waals surface area contributed by atoms with E-state index in [1.165, 1.54) is 0 Å². The quantitative estimate of drug-likeness (QED) is 0.648. The molecule has 17 heavy (non-hydrogen) atoms. The third-order valence-electron chi connectivity index (χ3n) is 1.90. The molecule has 7 heteroatoms. The molecule has 0 aliphatic carbocycles. The number of benzene rings is 1. The van der Waals surface area contributed by atoms with Crippen LogP contribution in [0.2, 0.25) is 0 Å². The van der Waals surface area contributed by atoms with E-state index in [0.717, 1.165) is 5.56 Å². The van der Waals surface area contributed by atoms with Crippen LogP contribution in [0, 0.1) is 0 Å². The molecule has 0 aliphatic rings. The molecule has 0 unspecified atom stereocenters. The average Bonchev–Trinajstić information content (AvgIpc) is 2.27. The Labute approximate surface area is 99.8 Å². The predicted octanol–water partition coefficient (Wildman–Crippen LogP) is -0.435. The number of primary amides is 1. The van der Waals surface area contributed by atoms with Crippen molar-refractivity contribution in [2.75, 3.05) is 12.4 Å². The molecule has 1 rings (SSSR count). The van der Waals surface area contributed by atoms with Gasteiger partial charge in [0, 0.05) is 0 Å². The standard InChI is InChI=1S/C10H14N2O4S/c11-10(13)8-16-12-17(14,15)7-6-9-4-2-1-3-5-9/h1-5,12H,6-8H2,(H2,11,13). The second-order valence-corrected chi connectivity index (χ2v) is 5.20. The molecular weight excluding hydrogens is 244 g/mol. The van der Waals surface area contributed by atoms with E-state index in [1.54, 1.807) is 0 Å². The van der Waals surface area contributed by atoms with Crippen molar-refractivity contribution in [3.63, 3.8) is 0 Å². The summed E-state index contributed by atoms with van der Waals surface area (Å²) in [7, 11) is -3.56. The zero-order valence-corrected chi connectivity index (χ0v) is 9.94. The molecule has 0 bridgehead atoms. The molecule has 0 heterocycles. The Hall–Kier alpha value is -1.44. The molecule has 0 aliphatic heterocycles. The van der Waals surface area contributed by atoms with Crippen LogP contribution in [0.3, 0.4) is 0 Å². The molecule has 1 aromatic carbocycles. The Morgan fingerprint density at radius 2 is 1.94 bits per heavy atom. The highest BCUT2D eigenvalue weighted by Crippen LogP contribution is 2.01. The maximum Gasteiger partial charge on any atom is 0.245 e. The molecule has 1 aromatic rings. The van der Waals surface area contributed by atoms with Gasteiger partial charge in [0.2, 0.25) is 15.9 Å². The summed E-state index contributed by atoms with van der Waals surface area (Å²) in [5, 5.41) is 0. The smallest absolute Gasteiger partial charge is 0.245 e. The van der Waals surface area contributed by atoms with Crippen molar-refractivity contribution in [2.24, 2.45) is 5.73 Å². The van der Waals surface area contributed by atoms with Crippen LogP contribution < -0.4 is 10.6 Å². The van der Waals surface area contributed by atoms with E-state index >= 15 is 0 Å². The van der Waals surface area contributed by atoms with Crippen LogP contribution in [0.1, 0.15) is 5.56 Å². The number of carbonyl (C=O) groups is 1. The van der Waals surface area contributed by atoms with Gasteiger partial charge in [0.15, 0.2) is 0 Å². The highest BCUT2D eigenvalue weighted by molar-refractivity contribution is 7.89. The van der Waals surface area contributed by atoms with Crippen LogP contribution in [0.25, 0.3) is 0 Å². The second kappa shape index (κ2) is 6.33. The highest BCUT2D eigenvalue weighted by Gasteiger charge is 2.10. The van der Waals surface area contributed by atoms with Gasteiger partial charge in [-0.2, -0.15) is 0 Å². The fraction of sp³-hybridized carbons (Fsp3) is 0.300. The van der Waals surface area contributed by atoms with E-state index in [-0.39, 0.29) is 5.75 Å². The molecule has 0 fully saturated rings. The Balaban J connectivity index is 2.37. The number of rotatable bonds is 7. The summed E-state index contributed by atoms with van der Waals surface area (Å²) in [6.07, 6.45) is 0.371. The van der Waals surface area contributed by atoms with Crippen LogP contribution in [0.15, 0.2) is 30.3 Å². The number of aryl methyl sites for hydroxylation is 1. The molecule has 0 aromatic heterocycles. The van der Waals surface area contributed by atoms with Gasteiger partial charge in [-0.3, -0.25) is 9.63 Å². The van der Waals surface area contributed by atoms with Crippen molar-refractivity contribution in [1.29, 1.82) is 0 Å². The number of hydrogen-bond acceptors (Lipinski definition) is 4. The van der Waals surface area contributed by atoms with Gasteiger partial charge < -0.3 is 5.73 Å². The van der Waals surface area contributed by atoms with Crippen molar-refractivity contribution >= 4 is 15.9 Å². The average molecular weight is 258 g/mol. The van der Waals surface area contributed by atoms with E-state index in [1.807, 2.05) is 35.2 Å². The van der Waals surface area contributed by atoms with Crippen LogP contribution in [0.5, 0.6) is 0 Å². The van der Waals surface area contributed by atoms with Crippen molar-refractivity contribution in [1.82, 2.24) is 4.89 Å².